The first-order valence-electron chi connectivity index (χ1n) is 6.64. The SMILES string of the molecule is CC(C)(Cc1cccc(Cl)c1)C(=O)Nc1ccc(N)nc1.Cl. The van der Waals surface area contributed by atoms with Crippen LogP contribution in [0, 0.1) is 5.41 Å². The van der Waals surface area contributed by atoms with Crippen LogP contribution in [-0.4, -0.2) is 10.9 Å². The van der Waals surface area contributed by atoms with Crippen molar-refractivity contribution in [2.45, 2.75) is 20.3 Å². The van der Waals surface area contributed by atoms with Gasteiger partial charge in [-0.15, -0.1) is 12.4 Å². The average Bonchev–Trinajstić information content (AvgIpc) is 2.41. The highest BCUT2D eigenvalue weighted by atomic mass is 35.5. The molecular formula is C16H19Cl2N3O. The van der Waals surface area contributed by atoms with Gasteiger partial charge in [-0.05, 0) is 36.2 Å². The molecule has 0 spiro atoms. The molecule has 1 aromatic carbocycles. The van der Waals surface area contributed by atoms with Gasteiger partial charge in [0.25, 0.3) is 0 Å². The summed E-state index contributed by atoms with van der Waals surface area (Å²) in [6.07, 6.45) is 2.14. The van der Waals surface area contributed by atoms with Crippen molar-refractivity contribution in [2.24, 2.45) is 5.41 Å². The number of pyridine rings is 1. The van der Waals surface area contributed by atoms with Crippen LogP contribution in [0.3, 0.4) is 0 Å². The number of carbonyl (C=O) groups is 1. The predicted molar refractivity (Wildman–Crippen MR) is 93.5 cm³/mol. The maximum Gasteiger partial charge on any atom is 0.230 e. The Morgan fingerprint density at radius 1 is 1.32 bits per heavy atom. The summed E-state index contributed by atoms with van der Waals surface area (Å²) in [5.41, 5.74) is 6.62. The van der Waals surface area contributed by atoms with E-state index in [2.05, 4.69) is 10.3 Å². The second-order valence-corrected chi connectivity index (χ2v) is 6.05. The molecule has 118 valence electrons. The van der Waals surface area contributed by atoms with Crippen molar-refractivity contribution in [3.05, 3.63) is 53.2 Å². The van der Waals surface area contributed by atoms with Gasteiger partial charge in [-0.25, -0.2) is 4.98 Å². The van der Waals surface area contributed by atoms with E-state index in [1.807, 2.05) is 38.1 Å². The van der Waals surface area contributed by atoms with Gasteiger partial charge in [0.05, 0.1) is 11.9 Å². The molecule has 0 radical (unpaired) electrons. The Hall–Kier alpha value is -1.78. The van der Waals surface area contributed by atoms with Crippen molar-refractivity contribution in [2.75, 3.05) is 11.1 Å². The van der Waals surface area contributed by atoms with E-state index in [0.29, 0.717) is 22.9 Å². The lowest BCUT2D eigenvalue weighted by Crippen LogP contribution is -2.32. The number of amides is 1. The lowest BCUT2D eigenvalue weighted by Gasteiger charge is -2.23. The molecule has 0 atom stereocenters. The first-order valence-corrected chi connectivity index (χ1v) is 7.02. The summed E-state index contributed by atoms with van der Waals surface area (Å²) in [6.45, 7) is 3.79. The number of hydrogen-bond acceptors (Lipinski definition) is 3. The molecule has 1 aromatic heterocycles. The molecule has 0 fully saturated rings. The monoisotopic (exact) mass is 339 g/mol. The third-order valence-corrected chi connectivity index (χ3v) is 3.43. The zero-order chi connectivity index (χ0) is 15.5. The second-order valence-electron chi connectivity index (χ2n) is 5.62. The summed E-state index contributed by atoms with van der Waals surface area (Å²) in [4.78, 5) is 16.4. The summed E-state index contributed by atoms with van der Waals surface area (Å²) < 4.78 is 0. The number of nitrogens with zero attached hydrogens (tertiary/aromatic N) is 1. The molecule has 0 saturated heterocycles. The molecule has 0 aliphatic rings. The van der Waals surface area contributed by atoms with Crippen molar-refractivity contribution >= 4 is 41.4 Å². The third-order valence-electron chi connectivity index (χ3n) is 3.19. The fourth-order valence-electron chi connectivity index (χ4n) is 2.02. The number of carbonyl (C=O) groups excluding carboxylic acids is 1. The van der Waals surface area contributed by atoms with Gasteiger partial charge >= 0.3 is 0 Å². The Morgan fingerprint density at radius 2 is 2.05 bits per heavy atom. The standard InChI is InChI=1S/C16H18ClN3O.ClH/c1-16(2,9-11-4-3-5-12(17)8-11)15(21)20-13-6-7-14(18)19-10-13;/h3-8,10H,9H2,1-2H3,(H2,18,19)(H,20,21);1H. The van der Waals surface area contributed by atoms with Crippen molar-refractivity contribution < 1.29 is 4.79 Å². The van der Waals surface area contributed by atoms with E-state index in [-0.39, 0.29) is 18.3 Å². The Morgan fingerprint density at radius 3 is 2.64 bits per heavy atom. The number of nitrogens with two attached hydrogens (primary N) is 1. The summed E-state index contributed by atoms with van der Waals surface area (Å²) in [6, 6.07) is 10.9. The van der Waals surface area contributed by atoms with Crippen LogP contribution in [0.5, 0.6) is 0 Å². The number of benzene rings is 1. The van der Waals surface area contributed by atoms with Gasteiger partial charge in [-0.3, -0.25) is 4.79 Å². The van der Waals surface area contributed by atoms with Crippen molar-refractivity contribution in [1.29, 1.82) is 0 Å². The number of halogens is 2. The molecule has 0 saturated carbocycles. The lowest BCUT2D eigenvalue weighted by molar-refractivity contribution is -0.123. The highest BCUT2D eigenvalue weighted by molar-refractivity contribution is 6.30. The molecular weight excluding hydrogens is 321 g/mol. The van der Waals surface area contributed by atoms with Crippen LogP contribution in [-0.2, 0) is 11.2 Å². The maximum atomic E-state index is 12.4. The van der Waals surface area contributed by atoms with E-state index in [0.717, 1.165) is 5.56 Å². The third kappa shape index (κ3) is 4.90. The molecule has 1 amide bonds. The normalized spacial score (nSPS) is 10.7. The zero-order valence-electron chi connectivity index (χ0n) is 12.5. The number of aromatic nitrogens is 1. The Kier molecular flexibility index (Phi) is 6.21. The molecule has 2 aromatic rings. The summed E-state index contributed by atoms with van der Waals surface area (Å²) in [7, 11) is 0. The second kappa shape index (κ2) is 7.47. The van der Waals surface area contributed by atoms with E-state index in [4.69, 9.17) is 17.3 Å². The highest BCUT2D eigenvalue weighted by Gasteiger charge is 2.28. The van der Waals surface area contributed by atoms with Gasteiger partial charge in [0, 0.05) is 10.4 Å². The first-order chi connectivity index (χ1) is 9.87. The largest absolute Gasteiger partial charge is 0.384 e. The van der Waals surface area contributed by atoms with Gasteiger partial charge < -0.3 is 11.1 Å². The van der Waals surface area contributed by atoms with Crippen molar-refractivity contribution in [3.8, 4) is 0 Å². The Labute approximate surface area is 141 Å². The number of rotatable bonds is 4. The minimum absolute atomic E-state index is 0. The Balaban J connectivity index is 0.00000242. The van der Waals surface area contributed by atoms with Crippen LogP contribution < -0.4 is 11.1 Å². The van der Waals surface area contributed by atoms with Crippen LogP contribution in [0.1, 0.15) is 19.4 Å². The van der Waals surface area contributed by atoms with Gasteiger partial charge in [-0.2, -0.15) is 0 Å². The zero-order valence-corrected chi connectivity index (χ0v) is 14.0. The smallest absolute Gasteiger partial charge is 0.230 e. The van der Waals surface area contributed by atoms with Crippen LogP contribution in [0.2, 0.25) is 5.02 Å². The first kappa shape index (κ1) is 18.3. The van der Waals surface area contributed by atoms with E-state index in [9.17, 15) is 4.79 Å². The minimum Gasteiger partial charge on any atom is -0.384 e. The van der Waals surface area contributed by atoms with E-state index < -0.39 is 5.41 Å². The molecule has 6 heteroatoms. The van der Waals surface area contributed by atoms with Gasteiger partial charge in [0.15, 0.2) is 0 Å². The topological polar surface area (TPSA) is 68.0 Å². The number of nitrogens with one attached hydrogen (secondary N) is 1. The lowest BCUT2D eigenvalue weighted by atomic mass is 9.85. The number of anilines is 2. The average molecular weight is 340 g/mol. The van der Waals surface area contributed by atoms with E-state index in [1.165, 1.54) is 0 Å². The van der Waals surface area contributed by atoms with Gasteiger partial charge in [-0.1, -0.05) is 37.6 Å². The minimum atomic E-state index is -0.563. The molecule has 0 bridgehead atoms. The molecule has 0 unspecified atom stereocenters. The van der Waals surface area contributed by atoms with Crippen LogP contribution in [0.25, 0.3) is 0 Å². The van der Waals surface area contributed by atoms with Crippen LogP contribution in [0.15, 0.2) is 42.6 Å². The van der Waals surface area contributed by atoms with Crippen molar-refractivity contribution in [3.63, 3.8) is 0 Å². The summed E-state index contributed by atoms with van der Waals surface area (Å²) in [5, 5.41) is 3.53. The summed E-state index contributed by atoms with van der Waals surface area (Å²) >= 11 is 5.98. The number of nitrogen functional groups attached to an aromatic ring is 1. The van der Waals surface area contributed by atoms with Gasteiger partial charge in [0.2, 0.25) is 5.91 Å². The molecule has 3 N–H and O–H groups in total. The maximum absolute atomic E-state index is 12.4. The highest BCUT2D eigenvalue weighted by Crippen LogP contribution is 2.25. The molecule has 22 heavy (non-hydrogen) atoms. The summed E-state index contributed by atoms with van der Waals surface area (Å²) in [5.74, 6) is 0.347. The molecule has 0 aliphatic carbocycles. The predicted octanol–water partition coefficient (Wildman–Crippen LogP) is 3.95. The van der Waals surface area contributed by atoms with Crippen LogP contribution >= 0.6 is 24.0 Å². The molecule has 0 aliphatic heterocycles. The fourth-order valence-corrected chi connectivity index (χ4v) is 2.23. The quantitative estimate of drug-likeness (QED) is 0.886. The fraction of sp³-hybridized carbons (Fsp3) is 0.250. The molecule has 4 nitrogen and oxygen atoms in total. The van der Waals surface area contributed by atoms with Crippen LogP contribution in [0.4, 0.5) is 11.5 Å². The molecule has 2 rings (SSSR count). The van der Waals surface area contributed by atoms with Crippen molar-refractivity contribution in [1.82, 2.24) is 4.98 Å². The van der Waals surface area contributed by atoms with E-state index >= 15 is 0 Å². The molecule has 1 heterocycles. The van der Waals surface area contributed by atoms with Gasteiger partial charge in [0.1, 0.15) is 5.82 Å². The Bertz CT molecular complexity index is 642. The van der Waals surface area contributed by atoms with E-state index in [1.54, 1.807) is 18.3 Å². The number of hydrogen-bond donors (Lipinski definition) is 2.